The fourth-order valence-corrected chi connectivity index (χ4v) is 2.75. The van der Waals surface area contributed by atoms with Crippen LogP contribution in [0.5, 0.6) is 0 Å². The average molecular weight is 454 g/mol. The van der Waals surface area contributed by atoms with Crippen molar-refractivity contribution in [3.63, 3.8) is 0 Å². The standard InChI is InChI=1S/C24H31N5O4/c1-15(2)19(14-20(30)28-29-21(31)16-10-12-25-13-11-16)26-22(32)17-8-6-7-9-18(17)27-23(33)24(3,4)5/h6-13,15,19H,14H2,1-5H3,(H,26,32)(H,27,33)(H,28,30)(H,29,31). The largest absolute Gasteiger partial charge is 0.348 e. The molecule has 4 N–H and O–H groups in total. The van der Waals surface area contributed by atoms with Crippen LogP contribution in [0.2, 0.25) is 0 Å². The average Bonchev–Trinajstić information content (AvgIpc) is 2.77. The Kier molecular flexibility index (Phi) is 8.67. The first kappa shape index (κ1) is 25.5. The van der Waals surface area contributed by atoms with E-state index < -0.39 is 29.2 Å². The van der Waals surface area contributed by atoms with Gasteiger partial charge in [0.2, 0.25) is 11.8 Å². The molecule has 4 amide bonds. The second-order valence-electron chi connectivity index (χ2n) is 9.02. The number of aromatic nitrogens is 1. The first-order chi connectivity index (χ1) is 15.5. The summed E-state index contributed by atoms with van der Waals surface area (Å²) in [5, 5.41) is 5.66. The molecule has 0 radical (unpaired) electrons. The van der Waals surface area contributed by atoms with Crippen molar-refractivity contribution >= 4 is 29.3 Å². The van der Waals surface area contributed by atoms with E-state index in [1.807, 2.05) is 13.8 Å². The zero-order chi connectivity index (χ0) is 24.6. The van der Waals surface area contributed by atoms with Crippen LogP contribution in [0.4, 0.5) is 5.69 Å². The maximum Gasteiger partial charge on any atom is 0.269 e. The van der Waals surface area contributed by atoms with Gasteiger partial charge in [0.05, 0.1) is 11.3 Å². The first-order valence-electron chi connectivity index (χ1n) is 10.7. The molecule has 176 valence electrons. The predicted octanol–water partition coefficient (Wildman–Crippen LogP) is 2.67. The topological polar surface area (TPSA) is 129 Å². The van der Waals surface area contributed by atoms with E-state index in [0.29, 0.717) is 16.8 Å². The van der Waals surface area contributed by atoms with Gasteiger partial charge in [-0.15, -0.1) is 0 Å². The lowest BCUT2D eigenvalue weighted by molar-refractivity contribution is -0.123. The van der Waals surface area contributed by atoms with Gasteiger partial charge in [-0.05, 0) is 30.2 Å². The molecule has 1 unspecified atom stereocenters. The molecule has 1 aromatic heterocycles. The third-order valence-corrected chi connectivity index (χ3v) is 4.89. The van der Waals surface area contributed by atoms with Crippen molar-refractivity contribution in [1.82, 2.24) is 21.2 Å². The summed E-state index contributed by atoms with van der Waals surface area (Å²) in [6.45, 7) is 9.10. The summed E-state index contributed by atoms with van der Waals surface area (Å²) >= 11 is 0. The number of hydrazine groups is 1. The molecule has 0 bridgehead atoms. The Hall–Kier alpha value is -3.75. The highest BCUT2D eigenvalue weighted by Crippen LogP contribution is 2.21. The monoisotopic (exact) mass is 453 g/mol. The van der Waals surface area contributed by atoms with Gasteiger partial charge in [-0.25, -0.2) is 0 Å². The maximum absolute atomic E-state index is 13.0. The van der Waals surface area contributed by atoms with Gasteiger partial charge < -0.3 is 10.6 Å². The van der Waals surface area contributed by atoms with E-state index in [1.54, 1.807) is 45.0 Å². The number of pyridine rings is 1. The number of benzene rings is 1. The Morgan fingerprint density at radius 1 is 0.909 bits per heavy atom. The molecule has 2 rings (SSSR count). The van der Waals surface area contributed by atoms with Gasteiger partial charge in [0.15, 0.2) is 0 Å². The van der Waals surface area contributed by atoms with Crippen molar-refractivity contribution in [2.24, 2.45) is 11.3 Å². The molecular weight excluding hydrogens is 422 g/mol. The molecule has 9 nitrogen and oxygen atoms in total. The molecular formula is C24H31N5O4. The molecule has 1 heterocycles. The van der Waals surface area contributed by atoms with Gasteiger partial charge in [0.1, 0.15) is 0 Å². The SMILES string of the molecule is CC(C)C(CC(=O)NNC(=O)c1ccncc1)NC(=O)c1ccccc1NC(=O)C(C)(C)C. The third-order valence-electron chi connectivity index (χ3n) is 4.89. The highest BCUT2D eigenvalue weighted by molar-refractivity contribution is 6.05. The summed E-state index contributed by atoms with van der Waals surface area (Å²) < 4.78 is 0. The minimum absolute atomic E-state index is 0.0451. The van der Waals surface area contributed by atoms with Crippen LogP contribution in [0.25, 0.3) is 0 Å². The summed E-state index contributed by atoms with van der Waals surface area (Å²) in [6.07, 6.45) is 2.90. The number of carbonyl (C=O) groups is 4. The number of hydrogen-bond acceptors (Lipinski definition) is 5. The van der Waals surface area contributed by atoms with Gasteiger partial charge in [-0.3, -0.25) is 35.0 Å². The van der Waals surface area contributed by atoms with E-state index in [1.165, 1.54) is 24.5 Å². The van der Waals surface area contributed by atoms with E-state index in [4.69, 9.17) is 0 Å². The summed E-state index contributed by atoms with van der Waals surface area (Å²) in [5.41, 5.74) is 5.14. The number of nitrogens with zero attached hydrogens (tertiary/aromatic N) is 1. The number of para-hydroxylation sites is 1. The van der Waals surface area contributed by atoms with Gasteiger partial charge in [0.25, 0.3) is 11.8 Å². The number of amides is 4. The minimum atomic E-state index is -0.622. The van der Waals surface area contributed by atoms with Crippen LogP contribution in [0.3, 0.4) is 0 Å². The molecule has 9 heteroatoms. The van der Waals surface area contributed by atoms with Gasteiger partial charge >= 0.3 is 0 Å². The molecule has 0 saturated heterocycles. The Morgan fingerprint density at radius 3 is 2.15 bits per heavy atom. The third kappa shape index (κ3) is 7.71. The molecule has 0 aliphatic heterocycles. The molecule has 0 fully saturated rings. The number of anilines is 1. The van der Waals surface area contributed by atoms with Crippen LogP contribution < -0.4 is 21.5 Å². The van der Waals surface area contributed by atoms with Crippen molar-refractivity contribution in [2.75, 3.05) is 5.32 Å². The zero-order valence-corrected chi connectivity index (χ0v) is 19.6. The van der Waals surface area contributed by atoms with Crippen molar-refractivity contribution in [1.29, 1.82) is 0 Å². The van der Waals surface area contributed by atoms with E-state index >= 15 is 0 Å². The fraction of sp³-hybridized carbons (Fsp3) is 0.375. The quantitative estimate of drug-likeness (QED) is 0.479. The smallest absolute Gasteiger partial charge is 0.269 e. The summed E-state index contributed by atoms with van der Waals surface area (Å²) in [4.78, 5) is 53.6. The molecule has 0 aliphatic carbocycles. The second kappa shape index (κ2) is 11.2. The second-order valence-corrected chi connectivity index (χ2v) is 9.02. The van der Waals surface area contributed by atoms with Crippen LogP contribution in [-0.2, 0) is 9.59 Å². The van der Waals surface area contributed by atoms with Gasteiger partial charge in [-0.1, -0.05) is 46.8 Å². The molecule has 0 saturated carbocycles. The van der Waals surface area contributed by atoms with Crippen LogP contribution in [0.1, 0.15) is 61.8 Å². The molecule has 0 aliphatic rings. The predicted molar refractivity (Wildman–Crippen MR) is 125 cm³/mol. The van der Waals surface area contributed by atoms with E-state index in [0.717, 1.165) is 0 Å². The highest BCUT2D eigenvalue weighted by Gasteiger charge is 2.25. The number of nitrogens with one attached hydrogen (secondary N) is 4. The van der Waals surface area contributed by atoms with Crippen molar-refractivity contribution in [3.05, 3.63) is 59.9 Å². The Labute approximate surface area is 193 Å². The minimum Gasteiger partial charge on any atom is -0.348 e. The summed E-state index contributed by atoms with van der Waals surface area (Å²) in [5.74, 6) is -1.61. The molecule has 33 heavy (non-hydrogen) atoms. The maximum atomic E-state index is 13.0. The van der Waals surface area contributed by atoms with Crippen LogP contribution >= 0.6 is 0 Å². The van der Waals surface area contributed by atoms with Crippen LogP contribution in [-0.4, -0.2) is 34.7 Å². The van der Waals surface area contributed by atoms with Gasteiger partial charge in [0, 0.05) is 35.8 Å². The Balaban J connectivity index is 2.02. The summed E-state index contributed by atoms with van der Waals surface area (Å²) in [6, 6.07) is 9.25. The first-order valence-corrected chi connectivity index (χ1v) is 10.7. The van der Waals surface area contributed by atoms with Crippen molar-refractivity contribution in [2.45, 2.75) is 47.1 Å². The van der Waals surface area contributed by atoms with E-state index in [2.05, 4.69) is 26.5 Å². The number of rotatable bonds is 7. The zero-order valence-electron chi connectivity index (χ0n) is 19.6. The summed E-state index contributed by atoms with van der Waals surface area (Å²) in [7, 11) is 0. The van der Waals surface area contributed by atoms with Gasteiger partial charge in [-0.2, -0.15) is 0 Å². The van der Waals surface area contributed by atoms with E-state index in [-0.39, 0.29) is 18.2 Å². The Morgan fingerprint density at radius 2 is 1.55 bits per heavy atom. The molecule has 1 atom stereocenters. The fourth-order valence-electron chi connectivity index (χ4n) is 2.75. The Bertz CT molecular complexity index is 999. The molecule has 2 aromatic rings. The number of carbonyl (C=O) groups excluding carboxylic acids is 4. The lowest BCUT2D eigenvalue weighted by atomic mass is 9.95. The van der Waals surface area contributed by atoms with Crippen molar-refractivity contribution < 1.29 is 19.2 Å². The highest BCUT2D eigenvalue weighted by atomic mass is 16.2. The van der Waals surface area contributed by atoms with Crippen LogP contribution in [0.15, 0.2) is 48.8 Å². The van der Waals surface area contributed by atoms with E-state index in [9.17, 15) is 19.2 Å². The molecule has 1 aromatic carbocycles. The number of hydrogen-bond donors (Lipinski definition) is 4. The molecule has 0 spiro atoms. The lowest BCUT2D eigenvalue weighted by Gasteiger charge is -2.23. The van der Waals surface area contributed by atoms with Crippen LogP contribution in [0, 0.1) is 11.3 Å². The normalized spacial score (nSPS) is 11.9. The van der Waals surface area contributed by atoms with Crippen molar-refractivity contribution in [3.8, 4) is 0 Å². The lowest BCUT2D eigenvalue weighted by Crippen LogP contribution is -2.47.